The molecule has 0 radical (unpaired) electrons. The van der Waals surface area contributed by atoms with Gasteiger partial charge < -0.3 is 24.7 Å². The van der Waals surface area contributed by atoms with Gasteiger partial charge in [-0.2, -0.15) is 0 Å². The maximum atomic E-state index is 13.4. The van der Waals surface area contributed by atoms with E-state index in [1.807, 2.05) is 5.38 Å². The zero-order valence-electron chi connectivity index (χ0n) is 20.9. The smallest absolute Gasteiger partial charge is 0.258 e. The number of anilines is 1. The first kappa shape index (κ1) is 26.5. The van der Waals surface area contributed by atoms with E-state index in [-0.39, 0.29) is 17.2 Å². The Morgan fingerprint density at radius 2 is 2.11 bits per heavy atom. The van der Waals surface area contributed by atoms with Crippen LogP contribution in [0.2, 0.25) is 5.02 Å². The summed E-state index contributed by atoms with van der Waals surface area (Å²) in [5.41, 5.74) is 1.30. The highest BCUT2D eigenvalue weighted by Gasteiger charge is 2.20. The molecule has 12 heteroatoms. The van der Waals surface area contributed by atoms with Crippen molar-refractivity contribution in [1.82, 2.24) is 24.8 Å². The van der Waals surface area contributed by atoms with Crippen LogP contribution >= 0.6 is 22.9 Å². The molecule has 4 aromatic rings. The van der Waals surface area contributed by atoms with Crippen molar-refractivity contribution in [2.45, 2.75) is 19.4 Å². The maximum absolute atomic E-state index is 13.4. The molecule has 1 aromatic carbocycles. The first-order valence-electron chi connectivity index (χ1n) is 12.4. The van der Waals surface area contributed by atoms with Gasteiger partial charge in [0, 0.05) is 37.8 Å². The molecule has 1 aliphatic heterocycles. The molecule has 0 unspecified atom stereocenters. The molecule has 0 spiro atoms. The largest absolute Gasteiger partial charge is 0.486 e. The van der Waals surface area contributed by atoms with Gasteiger partial charge in [-0.05, 0) is 50.0 Å². The van der Waals surface area contributed by atoms with Gasteiger partial charge in [-0.25, -0.2) is 14.4 Å². The standard InChI is InChI=1S/C26H28ClFN6O3S/c1-36-11-10-34-8-5-16(6-9-34)13-30-26-31-21(15-38-26)24-23-18(4-7-29-24)25(35)33-22(32-23)14-37-17-2-3-20(28)19(27)12-17/h2-4,7,12,15-16H,5-6,8-11,13-14H2,1H3,(H,30,31)(H,32,33,35). The third kappa shape index (κ3) is 6.29. The van der Waals surface area contributed by atoms with Gasteiger partial charge in [0.1, 0.15) is 40.9 Å². The van der Waals surface area contributed by atoms with Crippen molar-refractivity contribution < 1.29 is 13.9 Å². The van der Waals surface area contributed by atoms with Crippen LogP contribution < -0.4 is 15.6 Å². The number of hydrogen-bond acceptors (Lipinski definition) is 9. The van der Waals surface area contributed by atoms with Gasteiger partial charge in [0.15, 0.2) is 5.13 Å². The van der Waals surface area contributed by atoms with E-state index >= 15 is 0 Å². The first-order valence-corrected chi connectivity index (χ1v) is 13.6. The number of aromatic amines is 1. The maximum Gasteiger partial charge on any atom is 0.258 e. The molecule has 0 bridgehead atoms. The fourth-order valence-corrected chi connectivity index (χ4v) is 5.29. The monoisotopic (exact) mass is 558 g/mol. The van der Waals surface area contributed by atoms with E-state index in [0.717, 1.165) is 50.8 Å². The number of nitrogens with zero attached hydrogens (tertiary/aromatic N) is 4. The Kier molecular flexibility index (Phi) is 8.48. The third-order valence-corrected chi connectivity index (χ3v) is 7.64. The molecule has 4 heterocycles. The van der Waals surface area contributed by atoms with E-state index in [4.69, 9.17) is 26.1 Å². The molecule has 3 aromatic heterocycles. The SMILES string of the molecule is COCCN1CCC(CNc2nc(-c3nccc4c(=O)[nH]c(COc5ccc(F)c(Cl)c5)nc34)cs2)CC1. The summed E-state index contributed by atoms with van der Waals surface area (Å²) in [6.07, 6.45) is 3.86. The van der Waals surface area contributed by atoms with Crippen LogP contribution in [0, 0.1) is 11.7 Å². The molecule has 1 saturated heterocycles. The first-order chi connectivity index (χ1) is 18.5. The van der Waals surface area contributed by atoms with Crippen LogP contribution in [0.25, 0.3) is 22.3 Å². The lowest BCUT2D eigenvalue weighted by molar-refractivity contribution is 0.122. The molecule has 200 valence electrons. The van der Waals surface area contributed by atoms with Gasteiger partial charge in [0.05, 0.1) is 17.0 Å². The Balaban J connectivity index is 1.27. The van der Waals surface area contributed by atoms with Gasteiger partial charge >= 0.3 is 0 Å². The lowest BCUT2D eigenvalue weighted by Crippen LogP contribution is -2.37. The molecule has 2 N–H and O–H groups in total. The van der Waals surface area contributed by atoms with Crippen molar-refractivity contribution >= 4 is 39.0 Å². The van der Waals surface area contributed by atoms with Crippen LogP contribution in [0.3, 0.4) is 0 Å². The Bertz CT molecular complexity index is 1460. The van der Waals surface area contributed by atoms with Crippen LogP contribution in [0.4, 0.5) is 9.52 Å². The van der Waals surface area contributed by atoms with Crippen molar-refractivity contribution in [3.8, 4) is 17.1 Å². The van der Waals surface area contributed by atoms with E-state index in [9.17, 15) is 9.18 Å². The summed E-state index contributed by atoms with van der Waals surface area (Å²) in [6.45, 7) is 4.75. The Morgan fingerprint density at radius 3 is 2.89 bits per heavy atom. The number of nitrogens with one attached hydrogen (secondary N) is 2. The summed E-state index contributed by atoms with van der Waals surface area (Å²) in [5.74, 6) is 0.729. The minimum atomic E-state index is -0.535. The van der Waals surface area contributed by atoms with E-state index in [1.54, 1.807) is 19.4 Å². The second-order valence-corrected chi connectivity index (χ2v) is 10.4. The Morgan fingerprint density at radius 1 is 1.26 bits per heavy atom. The van der Waals surface area contributed by atoms with Crippen LogP contribution in [0.15, 0.2) is 40.6 Å². The second-order valence-electron chi connectivity index (χ2n) is 9.13. The zero-order chi connectivity index (χ0) is 26.5. The number of methoxy groups -OCH3 is 1. The average Bonchev–Trinajstić information content (AvgIpc) is 3.40. The number of likely N-dealkylation sites (tertiary alicyclic amines) is 1. The molecule has 0 saturated carbocycles. The van der Waals surface area contributed by atoms with E-state index in [0.29, 0.717) is 39.8 Å². The molecule has 0 atom stereocenters. The normalized spacial score (nSPS) is 14.7. The summed E-state index contributed by atoms with van der Waals surface area (Å²) in [5, 5.41) is 6.55. The van der Waals surface area contributed by atoms with Crippen molar-refractivity contribution in [3.05, 3.63) is 62.9 Å². The van der Waals surface area contributed by atoms with E-state index < -0.39 is 5.82 Å². The number of pyridine rings is 1. The van der Waals surface area contributed by atoms with Crippen molar-refractivity contribution in [2.75, 3.05) is 45.2 Å². The second kappa shape index (κ2) is 12.2. The van der Waals surface area contributed by atoms with Crippen molar-refractivity contribution in [1.29, 1.82) is 0 Å². The number of hydrogen-bond donors (Lipinski definition) is 2. The number of H-pyrrole nitrogens is 1. The number of fused-ring (bicyclic) bond motifs is 1. The van der Waals surface area contributed by atoms with Crippen LogP contribution in [-0.2, 0) is 11.3 Å². The number of halogens is 2. The van der Waals surface area contributed by atoms with Gasteiger partial charge in [-0.1, -0.05) is 11.6 Å². The predicted molar refractivity (Wildman–Crippen MR) is 147 cm³/mol. The highest BCUT2D eigenvalue weighted by molar-refractivity contribution is 7.14. The number of benzene rings is 1. The van der Waals surface area contributed by atoms with Gasteiger partial charge in [0.25, 0.3) is 5.56 Å². The average molecular weight is 559 g/mol. The fraction of sp³-hybridized carbons (Fsp3) is 0.385. The number of piperidine rings is 1. The molecule has 0 aliphatic carbocycles. The van der Waals surface area contributed by atoms with E-state index in [2.05, 4.69) is 25.2 Å². The van der Waals surface area contributed by atoms with Gasteiger partial charge in [-0.15, -0.1) is 11.3 Å². The molecule has 38 heavy (non-hydrogen) atoms. The minimum absolute atomic E-state index is 0.0321. The topological polar surface area (TPSA) is 105 Å². The van der Waals surface area contributed by atoms with Gasteiger partial charge in [-0.3, -0.25) is 9.78 Å². The molecule has 9 nitrogen and oxygen atoms in total. The lowest BCUT2D eigenvalue weighted by atomic mass is 9.97. The third-order valence-electron chi connectivity index (χ3n) is 6.55. The molecule has 0 amide bonds. The molecule has 1 aliphatic rings. The molecular weight excluding hydrogens is 531 g/mol. The fourth-order valence-electron chi connectivity index (χ4n) is 4.42. The van der Waals surface area contributed by atoms with Crippen molar-refractivity contribution in [2.24, 2.45) is 5.92 Å². The quantitative estimate of drug-likeness (QED) is 0.291. The highest BCUT2D eigenvalue weighted by Crippen LogP contribution is 2.28. The summed E-state index contributed by atoms with van der Waals surface area (Å²) in [7, 11) is 1.74. The lowest BCUT2D eigenvalue weighted by Gasteiger charge is -2.31. The van der Waals surface area contributed by atoms with Gasteiger partial charge in [0.2, 0.25) is 0 Å². The Labute approximate surface area is 228 Å². The van der Waals surface area contributed by atoms with E-state index in [1.165, 1.54) is 29.5 Å². The molecule has 5 rings (SSSR count). The number of aromatic nitrogens is 4. The summed E-state index contributed by atoms with van der Waals surface area (Å²) < 4.78 is 24.3. The van der Waals surface area contributed by atoms with Crippen LogP contribution in [0.1, 0.15) is 18.7 Å². The molecule has 1 fully saturated rings. The van der Waals surface area contributed by atoms with Crippen LogP contribution in [-0.4, -0.2) is 64.7 Å². The minimum Gasteiger partial charge on any atom is -0.486 e. The number of thiazole rings is 1. The Hall–Kier alpha value is -3.12. The predicted octanol–water partition coefficient (Wildman–Crippen LogP) is 4.58. The number of ether oxygens (including phenoxy) is 2. The number of rotatable bonds is 10. The highest BCUT2D eigenvalue weighted by atomic mass is 35.5. The van der Waals surface area contributed by atoms with Crippen LogP contribution in [0.5, 0.6) is 5.75 Å². The van der Waals surface area contributed by atoms with Crippen molar-refractivity contribution in [3.63, 3.8) is 0 Å². The summed E-state index contributed by atoms with van der Waals surface area (Å²) in [4.78, 5) is 31.8. The molecular formula is C26H28ClFN6O3S. The zero-order valence-corrected chi connectivity index (χ0v) is 22.4. The summed E-state index contributed by atoms with van der Waals surface area (Å²) in [6, 6.07) is 5.68. The summed E-state index contributed by atoms with van der Waals surface area (Å²) >= 11 is 7.33.